The third-order valence-corrected chi connectivity index (χ3v) is 5.03. The standard InChI is InChI=1S/C11H15BrClFN2O2S/c1-3-15-7(2)6-16-19(17,18)11-5-9(13)8(12)4-10(11)14/h4-5,7,15-16H,3,6H2,1-2H3/t7-/m1/s1. The monoisotopic (exact) mass is 372 g/mol. The Morgan fingerprint density at radius 1 is 1.47 bits per heavy atom. The van der Waals surface area contributed by atoms with Crippen molar-refractivity contribution in [2.24, 2.45) is 0 Å². The van der Waals surface area contributed by atoms with Gasteiger partial charge in [-0.15, -0.1) is 0 Å². The molecule has 0 aliphatic rings. The molecule has 1 aromatic rings. The van der Waals surface area contributed by atoms with E-state index >= 15 is 0 Å². The summed E-state index contributed by atoms with van der Waals surface area (Å²) in [6, 6.07) is 2.07. The van der Waals surface area contributed by atoms with Crippen LogP contribution in [0.1, 0.15) is 13.8 Å². The summed E-state index contributed by atoms with van der Waals surface area (Å²) in [6.07, 6.45) is 0. The highest BCUT2D eigenvalue weighted by molar-refractivity contribution is 9.10. The van der Waals surface area contributed by atoms with Gasteiger partial charge in [-0.2, -0.15) is 0 Å². The summed E-state index contributed by atoms with van der Waals surface area (Å²) in [7, 11) is -3.91. The number of sulfonamides is 1. The molecule has 0 amide bonds. The van der Waals surface area contributed by atoms with Crippen molar-refractivity contribution in [2.45, 2.75) is 24.8 Å². The van der Waals surface area contributed by atoms with E-state index in [0.717, 1.165) is 18.7 Å². The highest BCUT2D eigenvalue weighted by Crippen LogP contribution is 2.27. The zero-order valence-electron chi connectivity index (χ0n) is 10.5. The lowest BCUT2D eigenvalue weighted by Gasteiger charge is -2.14. The Balaban J connectivity index is 2.92. The molecule has 0 bridgehead atoms. The van der Waals surface area contributed by atoms with E-state index in [1.807, 2.05) is 13.8 Å². The van der Waals surface area contributed by atoms with Crippen LogP contribution in [0.4, 0.5) is 4.39 Å². The molecule has 0 radical (unpaired) electrons. The van der Waals surface area contributed by atoms with E-state index in [2.05, 4.69) is 26.0 Å². The van der Waals surface area contributed by atoms with Crippen LogP contribution in [0.5, 0.6) is 0 Å². The Kier molecular flexibility index (Phi) is 6.19. The van der Waals surface area contributed by atoms with Crippen LogP contribution in [0, 0.1) is 5.82 Å². The predicted molar refractivity (Wildman–Crippen MR) is 77.4 cm³/mol. The Bertz CT molecular complexity index is 554. The number of nitrogens with one attached hydrogen (secondary N) is 2. The Hall–Kier alpha value is -0.210. The van der Waals surface area contributed by atoms with Crippen LogP contribution in [0.15, 0.2) is 21.5 Å². The topological polar surface area (TPSA) is 58.2 Å². The summed E-state index contributed by atoms with van der Waals surface area (Å²) in [5.41, 5.74) is 0. The summed E-state index contributed by atoms with van der Waals surface area (Å²) in [4.78, 5) is -0.454. The summed E-state index contributed by atoms with van der Waals surface area (Å²) in [5.74, 6) is -0.847. The van der Waals surface area contributed by atoms with Gasteiger partial charge in [0.05, 0.1) is 5.02 Å². The number of halogens is 3. The number of hydrogen-bond donors (Lipinski definition) is 2. The SMILES string of the molecule is CCN[C@H](C)CNS(=O)(=O)c1cc(Cl)c(Br)cc1F. The van der Waals surface area contributed by atoms with Crippen LogP contribution in [0.2, 0.25) is 5.02 Å². The fourth-order valence-electron chi connectivity index (χ4n) is 1.44. The number of hydrogen-bond acceptors (Lipinski definition) is 3. The minimum atomic E-state index is -3.91. The predicted octanol–water partition coefficient (Wildman–Crippen LogP) is 2.52. The number of likely N-dealkylation sites (N-methyl/N-ethyl adjacent to an activating group) is 1. The fraction of sp³-hybridized carbons (Fsp3) is 0.455. The van der Waals surface area contributed by atoms with Crippen LogP contribution >= 0.6 is 27.5 Å². The fourth-order valence-corrected chi connectivity index (χ4v) is 3.20. The van der Waals surface area contributed by atoms with Crippen molar-refractivity contribution in [1.82, 2.24) is 10.0 Å². The van der Waals surface area contributed by atoms with Gasteiger partial charge in [0.25, 0.3) is 0 Å². The maximum absolute atomic E-state index is 13.7. The van der Waals surface area contributed by atoms with Crippen LogP contribution < -0.4 is 10.0 Å². The van der Waals surface area contributed by atoms with Gasteiger partial charge in [-0.05, 0) is 41.5 Å². The molecule has 0 aromatic heterocycles. The second-order valence-corrected chi connectivity index (χ2v) is 7.00. The lowest BCUT2D eigenvalue weighted by Crippen LogP contribution is -2.39. The molecule has 0 spiro atoms. The molecular weight excluding hydrogens is 359 g/mol. The first-order valence-electron chi connectivity index (χ1n) is 5.65. The molecule has 0 aliphatic carbocycles. The van der Waals surface area contributed by atoms with Crippen LogP contribution in [-0.4, -0.2) is 27.5 Å². The van der Waals surface area contributed by atoms with E-state index < -0.39 is 20.7 Å². The highest BCUT2D eigenvalue weighted by atomic mass is 79.9. The summed E-state index contributed by atoms with van der Waals surface area (Å²) < 4.78 is 40.3. The molecule has 0 saturated carbocycles. The average molecular weight is 374 g/mol. The zero-order chi connectivity index (χ0) is 14.6. The molecule has 1 aromatic carbocycles. The lowest BCUT2D eigenvalue weighted by molar-refractivity contribution is 0.528. The van der Waals surface area contributed by atoms with Gasteiger partial charge in [-0.3, -0.25) is 0 Å². The van der Waals surface area contributed by atoms with Crippen molar-refractivity contribution in [3.05, 3.63) is 27.4 Å². The van der Waals surface area contributed by atoms with Gasteiger partial charge in [0.1, 0.15) is 10.7 Å². The second kappa shape index (κ2) is 6.99. The Morgan fingerprint density at radius 3 is 2.68 bits per heavy atom. The lowest BCUT2D eigenvalue weighted by atomic mass is 10.3. The first kappa shape index (κ1) is 16.8. The molecule has 1 atom stereocenters. The maximum atomic E-state index is 13.7. The minimum absolute atomic E-state index is 0.0474. The molecule has 0 saturated heterocycles. The first-order chi connectivity index (χ1) is 8.77. The van der Waals surface area contributed by atoms with Crippen molar-refractivity contribution in [3.63, 3.8) is 0 Å². The van der Waals surface area contributed by atoms with Crippen LogP contribution in [0.3, 0.4) is 0 Å². The Labute approximate surface area is 125 Å². The molecule has 0 unspecified atom stereocenters. The zero-order valence-corrected chi connectivity index (χ0v) is 13.7. The summed E-state index contributed by atoms with van der Waals surface area (Å²) >= 11 is 8.82. The van der Waals surface area contributed by atoms with E-state index in [-0.39, 0.29) is 17.6 Å². The molecule has 1 rings (SSSR count). The van der Waals surface area contributed by atoms with E-state index in [4.69, 9.17) is 11.6 Å². The molecule has 0 aliphatic heterocycles. The van der Waals surface area contributed by atoms with Gasteiger partial charge in [-0.25, -0.2) is 17.5 Å². The minimum Gasteiger partial charge on any atom is -0.313 e. The van der Waals surface area contributed by atoms with Crippen molar-refractivity contribution >= 4 is 37.6 Å². The van der Waals surface area contributed by atoms with Crippen molar-refractivity contribution in [3.8, 4) is 0 Å². The molecule has 0 heterocycles. The van der Waals surface area contributed by atoms with E-state index in [1.54, 1.807) is 0 Å². The normalized spacial score (nSPS) is 13.5. The molecule has 19 heavy (non-hydrogen) atoms. The molecule has 4 nitrogen and oxygen atoms in total. The molecule has 108 valence electrons. The largest absolute Gasteiger partial charge is 0.313 e. The van der Waals surface area contributed by atoms with Gasteiger partial charge in [0, 0.05) is 17.1 Å². The van der Waals surface area contributed by atoms with Gasteiger partial charge in [0.2, 0.25) is 10.0 Å². The quantitative estimate of drug-likeness (QED) is 0.753. The molecule has 8 heteroatoms. The Morgan fingerprint density at radius 2 is 2.11 bits per heavy atom. The first-order valence-corrected chi connectivity index (χ1v) is 8.31. The second-order valence-electron chi connectivity index (χ2n) is 4.01. The van der Waals surface area contributed by atoms with Gasteiger partial charge < -0.3 is 5.32 Å². The summed E-state index contributed by atoms with van der Waals surface area (Å²) in [6.45, 7) is 4.64. The average Bonchev–Trinajstić information content (AvgIpc) is 2.31. The van der Waals surface area contributed by atoms with Crippen molar-refractivity contribution < 1.29 is 12.8 Å². The molecular formula is C11H15BrClFN2O2S. The van der Waals surface area contributed by atoms with Crippen molar-refractivity contribution in [1.29, 1.82) is 0 Å². The molecule has 0 fully saturated rings. The number of benzene rings is 1. The maximum Gasteiger partial charge on any atom is 0.243 e. The van der Waals surface area contributed by atoms with Crippen LogP contribution in [0.25, 0.3) is 0 Å². The van der Waals surface area contributed by atoms with E-state index in [9.17, 15) is 12.8 Å². The van der Waals surface area contributed by atoms with Crippen LogP contribution in [-0.2, 0) is 10.0 Å². The molecule has 2 N–H and O–H groups in total. The van der Waals surface area contributed by atoms with Gasteiger partial charge in [0.15, 0.2) is 0 Å². The smallest absolute Gasteiger partial charge is 0.243 e. The van der Waals surface area contributed by atoms with E-state index in [0.29, 0.717) is 4.47 Å². The summed E-state index contributed by atoms with van der Waals surface area (Å²) in [5, 5.41) is 3.19. The number of rotatable bonds is 6. The van der Waals surface area contributed by atoms with Crippen molar-refractivity contribution in [2.75, 3.05) is 13.1 Å². The van der Waals surface area contributed by atoms with E-state index in [1.165, 1.54) is 0 Å². The third-order valence-electron chi connectivity index (χ3n) is 2.40. The van der Waals surface area contributed by atoms with Gasteiger partial charge in [-0.1, -0.05) is 18.5 Å². The van der Waals surface area contributed by atoms with Gasteiger partial charge >= 0.3 is 0 Å². The highest BCUT2D eigenvalue weighted by Gasteiger charge is 2.21. The third kappa shape index (κ3) is 4.68.